The molecular formula is C10H9F2N. The lowest BCUT2D eigenvalue weighted by molar-refractivity contribution is 0.151. The molecule has 0 heterocycles. The molecule has 0 aliphatic heterocycles. The fourth-order valence-corrected chi connectivity index (χ4v) is 1.08. The molecule has 0 fully saturated rings. The van der Waals surface area contributed by atoms with Gasteiger partial charge < -0.3 is 0 Å². The maximum absolute atomic E-state index is 12.2. The van der Waals surface area contributed by atoms with E-state index < -0.39 is 6.43 Å². The number of nitriles is 1. The van der Waals surface area contributed by atoms with E-state index >= 15 is 0 Å². The van der Waals surface area contributed by atoms with Crippen LogP contribution in [0, 0.1) is 11.3 Å². The minimum atomic E-state index is -2.43. The van der Waals surface area contributed by atoms with Crippen molar-refractivity contribution in [1.82, 2.24) is 0 Å². The van der Waals surface area contributed by atoms with Gasteiger partial charge in [0.05, 0.1) is 6.07 Å². The zero-order valence-corrected chi connectivity index (χ0v) is 7.00. The van der Waals surface area contributed by atoms with Crippen molar-refractivity contribution in [1.29, 1.82) is 5.26 Å². The van der Waals surface area contributed by atoms with Crippen molar-refractivity contribution >= 4 is 0 Å². The van der Waals surface area contributed by atoms with Gasteiger partial charge in [0, 0.05) is 12.0 Å². The average molecular weight is 181 g/mol. The standard InChI is InChI=1S/C10H9F2N/c11-10(12)9-5-1-3-8(7-9)4-2-6-13/h1,3,5,7,10H,2,4H2. The van der Waals surface area contributed by atoms with Crippen molar-refractivity contribution in [2.75, 3.05) is 0 Å². The number of alkyl halides is 2. The minimum absolute atomic E-state index is 0.0236. The topological polar surface area (TPSA) is 23.8 Å². The van der Waals surface area contributed by atoms with Gasteiger partial charge >= 0.3 is 0 Å². The first-order valence-corrected chi connectivity index (χ1v) is 3.98. The van der Waals surface area contributed by atoms with E-state index in [0.717, 1.165) is 5.56 Å². The van der Waals surface area contributed by atoms with E-state index in [1.807, 2.05) is 6.07 Å². The molecule has 1 rings (SSSR count). The van der Waals surface area contributed by atoms with E-state index in [9.17, 15) is 8.78 Å². The van der Waals surface area contributed by atoms with Crippen molar-refractivity contribution in [2.24, 2.45) is 0 Å². The Kier molecular flexibility index (Phi) is 3.39. The lowest BCUT2D eigenvalue weighted by Gasteiger charge is -2.01. The van der Waals surface area contributed by atoms with Crippen LogP contribution in [-0.4, -0.2) is 0 Å². The SMILES string of the molecule is N#CCCc1cccc(C(F)F)c1. The Morgan fingerprint density at radius 1 is 1.38 bits per heavy atom. The number of halogens is 2. The normalized spacial score (nSPS) is 10.0. The quantitative estimate of drug-likeness (QED) is 0.702. The summed E-state index contributed by atoms with van der Waals surface area (Å²) in [6.45, 7) is 0. The van der Waals surface area contributed by atoms with Crippen LogP contribution in [0.2, 0.25) is 0 Å². The highest BCUT2D eigenvalue weighted by Crippen LogP contribution is 2.19. The van der Waals surface area contributed by atoms with E-state index in [4.69, 9.17) is 5.26 Å². The monoisotopic (exact) mass is 181 g/mol. The molecule has 0 saturated carbocycles. The highest BCUT2D eigenvalue weighted by Gasteiger charge is 2.06. The van der Waals surface area contributed by atoms with Crippen LogP contribution in [0.4, 0.5) is 8.78 Å². The molecule has 0 radical (unpaired) electrons. The highest BCUT2D eigenvalue weighted by atomic mass is 19.3. The van der Waals surface area contributed by atoms with E-state index in [2.05, 4.69) is 0 Å². The van der Waals surface area contributed by atoms with Crippen molar-refractivity contribution in [3.8, 4) is 6.07 Å². The second-order valence-corrected chi connectivity index (χ2v) is 2.70. The molecule has 0 aromatic heterocycles. The third-order valence-corrected chi connectivity index (χ3v) is 1.73. The zero-order chi connectivity index (χ0) is 9.68. The zero-order valence-electron chi connectivity index (χ0n) is 7.00. The summed E-state index contributed by atoms with van der Waals surface area (Å²) >= 11 is 0. The largest absolute Gasteiger partial charge is 0.263 e. The summed E-state index contributed by atoms with van der Waals surface area (Å²) in [7, 11) is 0. The molecule has 1 aromatic carbocycles. The Labute approximate surface area is 75.6 Å². The van der Waals surface area contributed by atoms with Crippen LogP contribution in [0.25, 0.3) is 0 Å². The number of hydrogen-bond acceptors (Lipinski definition) is 1. The summed E-state index contributed by atoms with van der Waals surface area (Å²) in [6, 6.07) is 8.16. The van der Waals surface area contributed by atoms with Gasteiger partial charge in [-0.15, -0.1) is 0 Å². The van der Waals surface area contributed by atoms with Gasteiger partial charge in [0.1, 0.15) is 0 Å². The lowest BCUT2D eigenvalue weighted by atomic mass is 10.1. The summed E-state index contributed by atoms with van der Waals surface area (Å²) in [5, 5.41) is 8.31. The molecule has 0 saturated heterocycles. The van der Waals surface area contributed by atoms with Gasteiger partial charge in [0.2, 0.25) is 0 Å². The third kappa shape index (κ3) is 2.83. The molecule has 0 amide bonds. The fraction of sp³-hybridized carbons (Fsp3) is 0.300. The van der Waals surface area contributed by atoms with Crippen LogP contribution in [-0.2, 0) is 6.42 Å². The lowest BCUT2D eigenvalue weighted by Crippen LogP contribution is -1.88. The second-order valence-electron chi connectivity index (χ2n) is 2.70. The van der Waals surface area contributed by atoms with Crippen LogP contribution < -0.4 is 0 Å². The Hall–Kier alpha value is -1.43. The van der Waals surface area contributed by atoms with Gasteiger partial charge in [0.25, 0.3) is 6.43 Å². The number of benzene rings is 1. The first kappa shape index (κ1) is 9.66. The van der Waals surface area contributed by atoms with Crippen LogP contribution in [0.3, 0.4) is 0 Å². The van der Waals surface area contributed by atoms with Gasteiger partial charge in [0.15, 0.2) is 0 Å². The van der Waals surface area contributed by atoms with Crippen LogP contribution in [0.5, 0.6) is 0 Å². The third-order valence-electron chi connectivity index (χ3n) is 1.73. The molecule has 0 atom stereocenters. The van der Waals surface area contributed by atoms with Crippen molar-refractivity contribution in [3.63, 3.8) is 0 Å². The van der Waals surface area contributed by atoms with Crippen LogP contribution in [0.15, 0.2) is 24.3 Å². The smallest absolute Gasteiger partial charge is 0.205 e. The molecule has 68 valence electrons. The summed E-state index contributed by atoms with van der Waals surface area (Å²) in [5.74, 6) is 0. The molecule has 1 aromatic rings. The van der Waals surface area contributed by atoms with E-state index in [0.29, 0.717) is 12.8 Å². The van der Waals surface area contributed by atoms with Gasteiger partial charge in [-0.3, -0.25) is 0 Å². The van der Waals surface area contributed by atoms with Gasteiger partial charge in [-0.05, 0) is 12.0 Å². The maximum Gasteiger partial charge on any atom is 0.263 e. The summed E-state index contributed by atoms with van der Waals surface area (Å²) in [5.41, 5.74) is 0.815. The van der Waals surface area contributed by atoms with Gasteiger partial charge in [-0.2, -0.15) is 5.26 Å². The predicted octanol–water partition coefficient (Wildman–Crippen LogP) is 3.08. The Morgan fingerprint density at radius 2 is 2.15 bits per heavy atom. The summed E-state index contributed by atoms with van der Waals surface area (Å²) in [6.07, 6.45) is -1.52. The Morgan fingerprint density at radius 3 is 2.77 bits per heavy atom. The second kappa shape index (κ2) is 4.56. The maximum atomic E-state index is 12.2. The minimum Gasteiger partial charge on any atom is -0.205 e. The molecule has 0 aliphatic carbocycles. The Bertz CT molecular complexity index is 315. The molecule has 0 bridgehead atoms. The molecule has 0 N–H and O–H groups in total. The van der Waals surface area contributed by atoms with E-state index in [1.165, 1.54) is 12.1 Å². The fourth-order valence-electron chi connectivity index (χ4n) is 1.08. The Balaban J connectivity index is 2.75. The van der Waals surface area contributed by atoms with Gasteiger partial charge in [-0.25, -0.2) is 8.78 Å². The first-order chi connectivity index (χ1) is 6.24. The molecule has 1 nitrogen and oxygen atoms in total. The van der Waals surface area contributed by atoms with Gasteiger partial charge in [-0.1, -0.05) is 24.3 Å². The molecule has 0 aliphatic rings. The molecule has 13 heavy (non-hydrogen) atoms. The summed E-state index contributed by atoms with van der Waals surface area (Å²) < 4.78 is 24.4. The van der Waals surface area contributed by atoms with Crippen LogP contribution >= 0.6 is 0 Å². The number of rotatable bonds is 3. The highest BCUT2D eigenvalue weighted by molar-refractivity contribution is 5.24. The average Bonchev–Trinajstić information content (AvgIpc) is 2.15. The van der Waals surface area contributed by atoms with Crippen LogP contribution in [0.1, 0.15) is 24.0 Å². The molecule has 0 spiro atoms. The summed E-state index contributed by atoms with van der Waals surface area (Å²) in [4.78, 5) is 0. The molecule has 3 heteroatoms. The van der Waals surface area contributed by atoms with Crippen molar-refractivity contribution in [3.05, 3.63) is 35.4 Å². The number of aryl methyl sites for hydroxylation is 1. The molecular weight excluding hydrogens is 172 g/mol. The van der Waals surface area contributed by atoms with E-state index in [1.54, 1.807) is 12.1 Å². The first-order valence-electron chi connectivity index (χ1n) is 3.98. The molecule has 0 unspecified atom stereocenters. The van der Waals surface area contributed by atoms with E-state index in [-0.39, 0.29) is 5.56 Å². The number of hydrogen-bond donors (Lipinski definition) is 0. The number of nitrogens with zero attached hydrogens (tertiary/aromatic N) is 1. The predicted molar refractivity (Wildman–Crippen MR) is 45.3 cm³/mol. The van der Waals surface area contributed by atoms with Crippen molar-refractivity contribution in [2.45, 2.75) is 19.3 Å². The van der Waals surface area contributed by atoms with Crippen molar-refractivity contribution < 1.29 is 8.78 Å².